The Morgan fingerprint density at radius 1 is 0.975 bits per heavy atom. The smallest absolute Gasteiger partial charge is 0.264 e. The minimum absolute atomic E-state index is 0.00560. The standard InChI is InChI=1S/C29H32Cl2IN3O4S/c1-4-27(29(37)33-17-20(2)3)34(18-21-10-11-22(30)16-26(21)31)28(36)19-35(24-14-12-23(32)13-15-24)40(38,39)25-8-6-5-7-9-25/h5-16,20,27H,4,17-19H2,1-3H3,(H,33,37). The Kier molecular flexibility index (Phi) is 11.7. The van der Waals surface area contributed by atoms with Crippen LogP contribution in [0.3, 0.4) is 0 Å². The molecule has 1 unspecified atom stereocenters. The minimum atomic E-state index is -4.12. The van der Waals surface area contributed by atoms with Gasteiger partial charge in [-0.25, -0.2) is 8.42 Å². The molecule has 3 aromatic carbocycles. The van der Waals surface area contributed by atoms with Crippen molar-refractivity contribution in [3.63, 3.8) is 0 Å². The van der Waals surface area contributed by atoms with Crippen LogP contribution in [0.1, 0.15) is 32.8 Å². The molecule has 0 radical (unpaired) electrons. The molecule has 3 rings (SSSR count). The van der Waals surface area contributed by atoms with E-state index in [0.717, 1.165) is 7.88 Å². The Balaban J connectivity index is 2.05. The van der Waals surface area contributed by atoms with Crippen LogP contribution in [0, 0.1) is 9.49 Å². The number of benzene rings is 3. The molecule has 2 amide bonds. The van der Waals surface area contributed by atoms with Gasteiger partial charge in [0, 0.05) is 26.7 Å². The third kappa shape index (κ3) is 8.34. The molecule has 1 N–H and O–H groups in total. The zero-order valence-electron chi connectivity index (χ0n) is 22.5. The topological polar surface area (TPSA) is 86.8 Å². The van der Waals surface area contributed by atoms with E-state index in [1.54, 1.807) is 67.6 Å². The first kappa shape index (κ1) is 32.2. The van der Waals surface area contributed by atoms with Crippen LogP contribution in [0.15, 0.2) is 77.7 Å². The number of carbonyl (C=O) groups is 2. The second kappa shape index (κ2) is 14.5. The average Bonchev–Trinajstić information content (AvgIpc) is 2.92. The summed E-state index contributed by atoms with van der Waals surface area (Å²) >= 11 is 14.7. The Labute approximate surface area is 260 Å². The number of amides is 2. The van der Waals surface area contributed by atoms with Gasteiger partial charge in [-0.05, 0) is 89.0 Å². The summed E-state index contributed by atoms with van der Waals surface area (Å²) in [4.78, 5) is 28.8. The van der Waals surface area contributed by atoms with Crippen LogP contribution in [-0.2, 0) is 26.2 Å². The van der Waals surface area contributed by atoms with Crippen molar-refractivity contribution in [2.75, 3.05) is 17.4 Å². The summed E-state index contributed by atoms with van der Waals surface area (Å²) < 4.78 is 29.6. The Morgan fingerprint density at radius 3 is 2.20 bits per heavy atom. The molecule has 0 spiro atoms. The van der Waals surface area contributed by atoms with Crippen molar-refractivity contribution in [3.8, 4) is 0 Å². The van der Waals surface area contributed by atoms with Gasteiger partial charge >= 0.3 is 0 Å². The monoisotopic (exact) mass is 715 g/mol. The van der Waals surface area contributed by atoms with E-state index in [1.165, 1.54) is 17.0 Å². The van der Waals surface area contributed by atoms with Gasteiger partial charge in [0.05, 0.1) is 10.6 Å². The second-order valence-corrected chi connectivity index (χ2v) is 13.6. The van der Waals surface area contributed by atoms with Crippen LogP contribution in [0.5, 0.6) is 0 Å². The van der Waals surface area contributed by atoms with Crippen LogP contribution in [0.25, 0.3) is 0 Å². The SMILES string of the molecule is CCC(C(=O)NCC(C)C)N(Cc1ccc(Cl)cc1Cl)C(=O)CN(c1ccc(I)cc1)S(=O)(=O)c1ccccc1. The second-order valence-electron chi connectivity index (χ2n) is 9.62. The summed E-state index contributed by atoms with van der Waals surface area (Å²) in [6.45, 7) is 5.68. The van der Waals surface area contributed by atoms with E-state index in [4.69, 9.17) is 23.2 Å². The first-order valence-corrected chi connectivity index (χ1v) is 16.1. The lowest BCUT2D eigenvalue weighted by Crippen LogP contribution is -2.52. The molecular weight excluding hydrogens is 684 g/mol. The summed E-state index contributed by atoms with van der Waals surface area (Å²) in [6, 6.07) is 18.9. The minimum Gasteiger partial charge on any atom is -0.354 e. The van der Waals surface area contributed by atoms with Gasteiger partial charge in [0.1, 0.15) is 12.6 Å². The first-order valence-electron chi connectivity index (χ1n) is 12.8. The lowest BCUT2D eigenvalue weighted by molar-refractivity contribution is -0.140. The van der Waals surface area contributed by atoms with Crippen molar-refractivity contribution in [1.29, 1.82) is 0 Å². The molecule has 7 nitrogen and oxygen atoms in total. The molecule has 0 bridgehead atoms. The van der Waals surface area contributed by atoms with E-state index in [0.29, 0.717) is 34.3 Å². The van der Waals surface area contributed by atoms with Crippen molar-refractivity contribution >= 4 is 73.3 Å². The van der Waals surface area contributed by atoms with Crippen LogP contribution in [0.4, 0.5) is 5.69 Å². The van der Waals surface area contributed by atoms with Gasteiger partial charge in [-0.2, -0.15) is 0 Å². The summed E-state index contributed by atoms with van der Waals surface area (Å²) in [6.07, 6.45) is 0.315. The molecule has 0 heterocycles. The fraction of sp³-hybridized carbons (Fsp3) is 0.310. The highest BCUT2D eigenvalue weighted by Crippen LogP contribution is 2.27. The van der Waals surface area contributed by atoms with Gasteiger partial charge in [0.15, 0.2) is 0 Å². The third-order valence-corrected chi connectivity index (χ3v) is 9.25. The maximum absolute atomic E-state index is 14.1. The molecule has 0 saturated carbocycles. The molecule has 11 heteroatoms. The normalized spacial score (nSPS) is 12.2. The van der Waals surface area contributed by atoms with E-state index in [9.17, 15) is 18.0 Å². The summed E-state index contributed by atoms with van der Waals surface area (Å²) in [7, 11) is -4.12. The maximum Gasteiger partial charge on any atom is 0.264 e. The molecule has 0 aromatic heterocycles. The van der Waals surface area contributed by atoms with Gasteiger partial charge in [-0.15, -0.1) is 0 Å². The van der Waals surface area contributed by atoms with Crippen molar-refractivity contribution in [1.82, 2.24) is 10.2 Å². The highest BCUT2D eigenvalue weighted by atomic mass is 127. The van der Waals surface area contributed by atoms with E-state index in [-0.39, 0.29) is 23.3 Å². The zero-order valence-corrected chi connectivity index (χ0v) is 27.0. The number of nitrogens with one attached hydrogen (secondary N) is 1. The summed E-state index contributed by atoms with van der Waals surface area (Å²) in [5.74, 6) is -0.652. The Bertz CT molecular complexity index is 1420. The highest BCUT2D eigenvalue weighted by molar-refractivity contribution is 14.1. The fourth-order valence-corrected chi connectivity index (χ4v) is 6.29. The van der Waals surface area contributed by atoms with Crippen LogP contribution in [0.2, 0.25) is 10.0 Å². The number of hydrogen-bond acceptors (Lipinski definition) is 4. The number of rotatable bonds is 12. The molecule has 0 aliphatic carbocycles. The summed E-state index contributed by atoms with van der Waals surface area (Å²) in [5.41, 5.74) is 0.917. The first-order chi connectivity index (χ1) is 18.9. The largest absolute Gasteiger partial charge is 0.354 e. The van der Waals surface area contributed by atoms with Crippen molar-refractivity contribution in [2.24, 2.45) is 5.92 Å². The number of halogens is 3. The molecule has 1 atom stereocenters. The molecule has 214 valence electrons. The van der Waals surface area contributed by atoms with Crippen molar-refractivity contribution < 1.29 is 18.0 Å². The van der Waals surface area contributed by atoms with Gasteiger partial charge in [-0.1, -0.05) is 68.2 Å². The molecule has 0 saturated heterocycles. The quantitative estimate of drug-likeness (QED) is 0.221. The predicted octanol–water partition coefficient (Wildman–Crippen LogP) is 6.37. The average molecular weight is 716 g/mol. The third-order valence-electron chi connectivity index (χ3n) is 6.15. The van der Waals surface area contributed by atoms with E-state index in [2.05, 4.69) is 27.9 Å². The van der Waals surface area contributed by atoms with E-state index >= 15 is 0 Å². The molecule has 0 fully saturated rings. The van der Waals surface area contributed by atoms with E-state index < -0.39 is 28.5 Å². The predicted molar refractivity (Wildman–Crippen MR) is 169 cm³/mol. The Morgan fingerprint density at radius 2 is 1.62 bits per heavy atom. The van der Waals surface area contributed by atoms with Crippen LogP contribution >= 0.6 is 45.8 Å². The van der Waals surface area contributed by atoms with Gasteiger partial charge < -0.3 is 10.2 Å². The number of anilines is 1. The lowest BCUT2D eigenvalue weighted by atomic mass is 10.1. The summed E-state index contributed by atoms with van der Waals surface area (Å²) in [5, 5.41) is 3.68. The number of carbonyl (C=O) groups excluding carboxylic acids is 2. The van der Waals surface area contributed by atoms with E-state index in [1.807, 2.05) is 13.8 Å². The number of nitrogens with zero attached hydrogens (tertiary/aromatic N) is 2. The zero-order chi connectivity index (χ0) is 29.4. The molecule has 0 aliphatic rings. The molecular formula is C29H32Cl2IN3O4S. The van der Waals surface area contributed by atoms with Gasteiger partial charge in [0.2, 0.25) is 11.8 Å². The van der Waals surface area contributed by atoms with Crippen molar-refractivity contribution in [3.05, 3.63) is 92.0 Å². The molecule has 40 heavy (non-hydrogen) atoms. The molecule has 0 aliphatic heterocycles. The Hall–Kier alpha value is -2.34. The molecule has 3 aromatic rings. The maximum atomic E-state index is 14.1. The van der Waals surface area contributed by atoms with Crippen LogP contribution < -0.4 is 9.62 Å². The van der Waals surface area contributed by atoms with Gasteiger partial charge in [0.25, 0.3) is 10.0 Å². The highest BCUT2D eigenvalue weighted by Gasteiger charge is 2.34. The van der Waals surface area contributed by atoms with Gasteiger partial charge in [-0.3, -0.25) is 13.9 Å². The number of hydrogen-bond donors (Lipinski definition) is 1. The fourth-order valence-electron chi connectivity index (χ4n) is 4.03. The number of sulfonamides is 1. The van der Waals surface area contributed by atoms with Crippen molar-refractivity contribution in [2.45, 2.75) is 44.7 Å². The lowest BCUT2D eigenvalue weighted by Gasteiger charge is -2.33. The van der Waals surface area contributed by atoms with Crippen LogP contribution in [-0.4, -0.2) is 44.3 Å².